The van der Waals surface area contributed by atoms with Gasteiger partial charge in [0.25, 0.3) is 5.91 Å². The Bertz CT molecular complexity index is 1020. The van der Waals surface area contributed by atoms with Crippen molar-refractivity contribution < 1.29 is 22.4 Å². The van der Waals surface area contributed by atoms with Crippen LogP contribution in [-0.4, -0.2) is 37.1 Å². The molecule has 0 aromatic heterocycles. The summed E-state index contributed by atoms with van der Waals surface area (Å²) in [4.78, 5) is 26.3. The van der Waals surface area contributed by atoms with Gasteiger partial charge in [0, 0.05) is 11.0 Å². The number of sulfonamides is 1. The molecule has 0 spiro atoms. The standard InChI is InChI=1S/C19H16BrFN2O4S/c1-2-11-22(28(26,27)16-9-3-13(20)4-10-16)17-12-18(24)23(19(17)25)15-7-5-14(21)6-8-15/h2-10,17H,1,11-12H2. The molecule has 0 N–H and O–H groups in total. The normalized spacial score (nSPS) is 17.4. The highest BCUT2D eigenvalue weighted by Gasteiger charge is 2.46. The predicted molar refractivity (Wildman–Crippen MR) is 106 cm³/mol. The molecule has 1 fully saturated rings. The largest absolute Gasteiger partial charge is 0.274 e. The second-order valence-electron chi connectivity index (χ2n) is 6.08. The Hall–Kier alpha value is -2.36. The van der Waals surface area contributed by atoms with E-state index in [4.69, 9.17) is 0 Å². The predicted octanol–water partition coefficient (Wildman–Crippen LogP) is 3.10. The van der Waals surface area contributed by atoms with Gasteiger partial charge in [-0.2, -0.15) is 4.31 Å². The lowest BCUT2D eigenvalue weighted by molar-refractivity contribution is -0.122. The highest BCUT2D eigenvalue weighted by atomic mass is 79.9. The van der Waals surface area contributed by atoms with E-state index in [1.165, 1.54) is 30.3 Å². The first-order valence-corrected chi connectivity index (χ1v) is 10.5. The third-order valence-electron chi connectivity index (χ3n) is 4.28. The zero-order chi connectivity index (χ0) is 20.5. The maximum Gasteiger partial charge on any atom is 0.252 e. The number of amides is 2. The van der Waals surface area contributed by atoms with Crippen LogP contribution >= 0.6 is 15.9 Å². The molecule has 1 atom stereocenters. The van der Waals surface area contributed by atoms with E-state index in [0.717, 1.165) is 21.3 Å². The Morgan fingerprint density at radius 1 is 1.14 bits per heavy atom. The fraction of sp³-hybridized carbons (Fsp3) is 0.158. The topological polar surface area (TPSA) is 74.8 Å². The molecule has 9 heteroatoms. The molecule has 2 amide bonds. The first-order valence-electron chi connectivity index (χ1n) is 8.26. The van der Waals surface area contributed by atoms with Crippen molar-refractivity contribution in [3.8, 4) is 0 Å². The van der Waals surface area contributed by atoms with Crippen molar-refractivity contribution in [3.05, 3.63) is 71.5 Å². The van der Waals surface area contributed by atoms with Crippen LogP contribution in [0.5, 0.6) is 0 Å². The van der Waals surface area contributed by atoms with E-state index in [1.807, 2.05) is 0 Å². The number of benzene rings is 2. The molecule has 146 valence electrons. The molecule has 1 unspecified atom stereocenters. The number of carbonyl (C=O) groups is 2. The number of anilines is 1. The van der Waals surface area contributed by atoms with Gasteiger partial charge in [-0.1, -0.05) is 22.0 Å². The third kappa shape index (κ3) is 3.78. The van der Waals surface area contributed by atoms with E-state index in [1.54, 1.807) is 12.1 Å². The van der Waals surface area contributed by atoms with Gasteiger partial charge < -0.3 is 0 Å². The Balaban J connectivity index is 1.97. The van der Waals surface area contributed by atoms with Gasteiger partial charge in [-0.3, -0.25) is 9.59 Å². The van der Waals surface area contributed by atoms with E-state index < -0.39 is 33.7 Å². The molecule has 0 bridgehead atoms. The van der Waals surface area contributed by atoms with Crippen molar-refractivity contribution in [1.29, 1.82) is 0 Å². The van der Waals surface area contributed by atoms with Crippen LogP contribution in [0.25, 0.3) is 0 Å². The fourth-order valence-electron chi connectivity index (χ4n) is 2.96. The van der Waals surface area contributed by atoms with Crippen molar-refractivity contribution >= 4 is 43.5 Å². The summed E-state index contributed by atoms with van der Waals surface area (Å²) in [6, 6.07) is 9.62. The summed E-state index contributed by atoms with van der Waals surface area (Å²) < 4.78 is 41.0. The van der Waals surface area contributed by atoms with Gasteiger partial charge in [-0.25, -0.2) is 17.7 Å². The second kappa shape index (κ2) is 7.94. The highest BCUT2D eigenvalue weighted by molar-refractivity contribution is 9.10. The van der Waals surface area contributed by atoms with Gasteiger partial charge >= 0.3 is 0 Å². The van der Waals surface area contributed by atoms with Crippen LogP contribution in [0.15, 0.2) is 70.6 Å². The minimum atomic E-state index is -4.05. The molecule has 2 aromatic carbocycles. The van der Waals surface area contributed by atoms with Crippen LogP contribution in [0.3, 0.4) is 0 Å². The van der Waals surface area contributed by atoms with E-state index in [0.29, 0.717) is 4.47 Å². The van der Waals surface area contributed by atoms with Crippen molar-refractivity contribution in [2.75, 3.05) is 11.4 Å². The summed E-state index contributed by atoms with van der Waals surface area (Å²) in [5, 5.41) is 0. The molecule has 2 aromatic rings. The number of hydrogen-bond donors (Lipinski definition) is 0. The minimum Gasteiger partial charge on any atom is -0.274 e. The number of carbonyl (C=O) groups excluding carboxylic acids is 2. The molecule has 0 saturated carbocycles. The molecule has 1 heterocycles. The van der Waals surface area contributed by atoms with Crippen LogP contribution in [0.4, 0.5) is 10.1 Å². The zero-order valence-corrected chi connectivity index (χ0v) is 17.0. The van der Waals surface area contributed by atoms with Crippen molar-refractivity contribution in [3.63, 3.8) is 0 Å². The average Bonchev–Trinajstić information content (AvgIpc) is 2.95. The molecule has 1 saturated heterocycles. The number of nitrogens with zero attached hydrogens (tertiary/aromatic N) is 2. The van der Waals surface area contributed by atoms with Gasteiger partial charge in [0.05, 0.1) is 17.0 Å². The quantitative estimate of drug-likeness (QED) is 0.484. The Labute approximate surface area is 170 Å². The summed E-state index contributed by atoms with van der Waals surface area (Å²) in [7, 11) is -4.05. The molecule has 1 aliphatic rings. The van der Waals surface area contributed by atoms with Gasteiger partial charge in [-0.05, 0) is 48.5 Å². The van der Waals surface area contributed by atoms with Gasteiger partial charge in [-0.15, -0.1) is 6.58 Å². The van der Waals surface area contributed by atoms with E-state index in [9.17, 15) is 22.4 Å². The summed E-state index contributed by atoms with van der Waals surface area (Å²) >= 11 is 3.25. The molecule has 3 rings (SSSR count). The molecule has 6 nitrogen and oxygen atoms in total. The molecular formula is C19H16BrFN2O4S. The summed E-state index contributed by atoms with van der Waals surface area (Å²) in [5.74, 6) is -1.74. The number of imide groups is 1. The first-order chi connectivity index (χ1) is 13.3. The Morgan fingerprint density at radius 3 is 2.32 bits per heavy atom. The molecule has 1 aliphatic heterocycles. The number of rotatable bonds is 6. The first kappa shape index (κ1) is 20.4. The van der Waals surface area contributed by atoms with Crippen LogP contribution in [0, 0.1) is 5.82 Å². The molecular weight excluding hydrogens is 451 g/mol. The van der Waals surface area contributed by atoms with Crippen molar-refractivity contribution in [2.45, 2.75) is 17.4 Å². The van der Waals surface area contributed by atoms with Crippen LogP contribution < -0.4 is 4.90 Å². The van der Waals surface area contributed by atoms with Crippen LogP contribution in [0.2, 0.25) is 0 Å². The summed E-state index contributed by atoms with van der Waals surface area (Å²) in [5.41, 5.74) is 0.193. The zero-order valence-electron chi connectivity index (χ0n) is 14.6. The lowest BCUT2D eigenvalue weighted by Crippen LogP contribution is -2.45. The van der Waals surface area contributed by atoms with Crippen LogP contribution in [0.1, 0.15) is 6.42 Å². The smallest absolute Gasteiger partial charge is 0.252 e. The maximum absolute atomic E-state index is 13.2. The fourth-order valence-corrected chi connectivity index (χ4v) is 4.78. The van der Waals surface area contributed by atoms with Gasteiger partial charge in [0.15, 0.2) is 0 Å². The number of hydrogen-bond acceptors (Lipinski definition) is 4. The average molecular weight is 467 g/mol. The lowest BCUT2D eigenvalue weighted by Gasteiger charge is -2.25. The summed E-state index contributed by atoms with van der Waals surface area (Å²) in [6.45, 7) is 3.42. The molecule has 28 heavy (non-hydrogen) atoms. The molecule has 0 aliphatic carbocycles. The summed E-state index contributed by atoms with van der Waals surface area (Å²) in [6.07, 6.45) is 1.05. The van der Waals surface area contributed by atoms with E-state index in [2.05, 4.69) is 22.5 Å². The SMILES string of the molecule is C=CCN(C1CC(=O)N(c2ccc(F)cc2)C1=O)S(=O)(=O)c1ccc(Br)cc1. The number of halogens is 2. The monoisotopic (exact) mass is 466 g/mol. The van der Waals surface area contributed by atoms with Crippen molar-refractivity contribution in [1.82, 2.24) is 4.31 Å². The van der Waals surface area contributed by atoms with E-state index >= 15 is 0 Å². The van der Waals surface area contributed by atoms with Gasteiger partial charge in [0.2, 0.25) is 15.9 Å². The maximum atomic E-state index is 13.2. The second-order valence-corrected chi connectivity index (χ2v) is 8.89. The lowest BCUT2D eigenvalue weighted by atomic mass is 10.2. The Morgan fingerprint density at radius 2 is 1.75 bits per heavy atom. The highest BCUT2D eigenvalue weighted by Crippen LogP contribution is 2.29. The van der Waals surface area contributed by atoms with Crippen LogP contribution in [-0.2, 0) is 19.6 Å². The minimum absolute atomic E-state index is 0.00182. The van der Waals surface area contributed by atoms with E-state index in [-0.39, 0.29) is 23.5 Å². The van der Waals surface area contributed by atoms with Gasteiger partial charge in [0.1, 0.15) is 11.9 Å². The Kier molecular flexibility index (Phi) is 5.78. The van der Waals surface area contributed by atoms with Crippen molar-refractivity contribution in [2.24, 2.45) is 0 Å². The molecule has 0 radical (unpaired) electrons. The third-order valence-corrected chi connectivity index (χ3v) is 6.70.